The van der Waals surface area contributed by atoms with Crippen molar-refractivity contribution in [2.75, 3.05) is 13.1 Å². The van der Waals surface area contributed by atoms with E-state index in [4.69, 9.17) is 5.53 Å². The van der Waals surface area contributed by atoms with E-state index in [-0.39, 0.29) is 11.4 Å². The first-order chi connectivity index (χ1) is 8.15. The average molecular weight is 238 g/mol. The van der Waals surface area contributed by atoms with E-state index >= 15 is 0 Å². The fraction of sp³-hybridized carbons (Fsp3) is 0.375. The van der Waals surface area contributed by atoms with Gasteiger partial charge in [-0.1, -0.05) is 5.11 Å². The topological polar surface area (TPSA) is 137 Å². The number of amides is 1. The maximum Gasteiger partial charge on any atom is 0.287 e. The maximum atomic E-state index is 11.4. The molecule has 0 saturated heterocycles. The van der Waals surface area contributed by atoms with Crippen molar-refractivity contribution in [3.05, 3.63) is 38.5 Å². The van der Waals surface area contributed by atoms with E-state index in [1.54, 1.807) is 0 Å². The number of carbonyl (C=O) groups is 1. The van der Waals surface area contributed by atoms with Gasteiger partial charge in [0.05, 0.1) is 11.1 Å². The summed E-state index contributed by atoms with van der Waals surface area (Å²) in [7, 11) is 0. The molecule has 0 aliphatic rings. The minimum atomic E-state index is -0.588. The number of aromatic amines is 1. The van der Waals surface area contributed by atoms with Gasteiger partial charge in [0, 0.05) is 24.1 Å². The molecular formula is C8H10N6O3. The molecule has 0 unspecified atom stereocenters. The Hall–Kier alpha value is -2.54. The van der Waals surface area contributed by atoms with E-state index in [9.17, 15) is 14.9 Å². The molecule has 2 N–H and O–H groups in total. The summed E-state index contributed by atoms with van der Waals surface area (Å²) in [5.74, 6) is -0.431. The summed E-state index contributed by atoms with van der Waals surface area (Å²) in [6.07, 6.45) is 1.66. The van der Waals surface area contributed by atoms with Gasteiger partial charge in [0.25, 0.3) is 11.6 Å². The molecule has 1 rings (SSSR count). The van der Waals surface area contributed by atoms with Crippen LogP contribution in [0.3, 0.4) is 0 Å². The molecule has 0 radical (unpaired) electrons. The molecule has 0 saturated carbocycles. The van der Waals surface area contributed by atoms with Gasteiger partial charge in [0.2, 0.25) is 0 Å². The molecule has 0 spiro atoms. The van der Waals surface area contributed by atoms with Gasteiger partial charge in [-0.2, -0.15) is 0 Å². The molecule has 0 atom stereocenters. The first-order valence-electron chi connectivity index (χ1n) is 4.77. The highest BCUT2D eigenvalue weighted by molar-refractivity contribution is 5.93. The highest BCUT2D eigenvalue weighted by Crippen LogP contribution is 2.11. The molecule has 0 aromatic carbocycles. The van der Waals surface area contributed by atoms with Crippen LogP contribution in [0.15, 0.2) is 17.4 Å². The molecular weight excluding hydrogens is 228 g/mol. The Kier molecular flexibility index (Phi) is 4.52. The summed E-state index contributed by atoms with van der Waals surface area (Å²) in [6, 6.07) is 1.16. The fourth-order valence-electron chi connectivity index (χ4n) is 1.11. The predicted molar refractivity (Wildman–Crippen MR) is 58.4 cm³/mol. The van der Waals surface area contributed by atoms with Crippen molar-refractivity contribution in [1.82, 2.24) is 10.3 Å². The lowest BCUT2D eigenvalue weighted by Gasteiger charge is -2.00. The van der Waals surface area contributed by atoms with Crippen LogP contribution < -0.4 is 5.32 Å². The second kappa shape index (κ2) is 6.13. The van der Waals surface area contributed by atoms with Gasteiger partial charge in [-0.15, -0.1) is 0 Å². The number of azide groups is 1. The van der Waals surface area contributed by atoms with Crippen molar-refractivity contribution in [3.63, 3.8) is 0 Å². The third-order valence-electron chi connectivity index (χ3n) is 1.91. The van der Waals surface area contributed by atoms with Crippen molar-refractivity contribution < 1.29 is 9.72 Å². The Morgan fingerprint density at radius 2 is 2.47 bits per heavy atom. The Morgan fingerprint density at radius 3 is 3.06 bits per heavy atom. The quantitative estimate of drug-likeness (QED) is 0.193. The molecule has 0 aliphatic carbocycles. The Balaban J connectivity index is 2.41. The number of H-pyrrole nitrogens is 1. The molecule has 9 heteroatoms. The average Bonchev–Trinajstić information content (AvgIpc) is 2.78. The predicted octanol–water partition coefficient (Wildman–Crippen LogP) is 1.35. The van der Waals surface area contributed by atoms with Crippen LogP contribution in [0, 0.1) is 10.1 Å². The molecule has 1 amide bonds. The zero-order valence-electron chi connectivity index (χ0n) is 8.79. The van der Waals surface area contributed by atoms with E-state index in [0.29, 0.717) is 19.5 Å². The Bertz CT molecular complexity index is 462. The molecule has 0 fully saturated rings. The van der Waals surface area contributed by atoms with Crippen LogP contribution in [0.1, 0.15) is 16.9 Å². The SMILES string of the molecule is [N-]=[N+]=NCCCNC(=O)c1cc([N+](=O)[O-])c[nH]1. The van der Waals surface area contributed by atoms with Crippen molar-refractivity contribution in [3.8, 4) is 0 Å². The number of hydrogen-bond donors (Lipinski definition) is 2. The van der Waals surface area contributed by atoms with E-state index < -0.39 is 10.8 Å². The summed E-state index contributed by atoms with van der Waals surface area (Å²) < 4.78 is 0. The molecule has 90 valence electrons. The molecule has 1 heterocycles. The smallest absolute Gasteiger partial charge is 0.287 e. The number of aromatic nitrogens is 1. The van der Waals surface area contributed by atoms with Gasteiger partial charge in [-0.25, -0.2) is 0 Å². The van der Waals surface area contributed by atoms with Crippen LogP contribution in [0.4, 0.5) is 5.69 Å². The molecule has 9 nitrogen and oxygen atoms in total. The highest BCUT2D eigenvalue weighted by Gasteiger charge is 2.13. The zero-order valence-corrected chi connectivity index (χ0v) is 8.79. The lowest BCUT2D eigenvalue weighted by molar-refractivity contribution is -0.384. The monoisotopic (exact) mass is 238 g/mol. The lowest BCUT2D eigenvalue weighted by atomic mass is 10.3. The summed E-state index contributed by atoms with van der Waals surface area (Å²) in [4.78, 5) is 26.3. The molecule has 1 aromatic heterocycles. The van der Waals surface area contributed by atoms with Crippen molar-refractivity contribution in [2.24, 2.45) is 5.11 Å². The first kappa shape index (κ1) is 12.5. The molecule has 17 heavy (non-hydrogen) atoms. The molecule has 0 aliphatic heterocycles. The van der Waals surface area contributed by atoms with Gasteiger partial charge in [-0.3, -0.25) is 14.9 Å². The lowest BCUT2D eigenvalue weighted by Crippen LogP contribution is -2.25. The van der Waals surface area contributed by atoms with E-state index in [0.717, 1.165) is 12.3 Å². The van der Waals surface area contributed by atoms with Crippen molar-refractivity contribution in [1.29, 1.82) is 0 Å². The van der Waals surface area contributed by atoms with Gasteiger partial charge in [0.1, 0.15) is 5.69 Å². The molecule has 0 bridgehead atoms. The number of rotatable bonds is 6. The minimum absolute atomic E-state index is 0.125. The third kappa shape index (κ3) is 3.84. The van der Waals surface area contributed by atoms with Crippen molar-refractivity contribution >= 4 is 11.6 Å². The van der Waals surface area contributed by atoms with Crippen LogP contribution in [-0.4, -0.2) is 28.9 Å². The largest absolute Gasteiger partial charge is 0.351 e. The van der Waals surface area contributed by atoms with Crippen LogP contribution in [0.25, 0.3) is 10.4 Å². The van der Waals surface area contributed by atoms with Gasteiger partial charge in [0.15, 0.2) is 0 Å². The van der Waals surface area contributed by atoms with Gasteiger partial charge < -0.3 is 10.3 Å². The first-order valence-corrected chi connectivity index (χ1v) is 4.77. The van der Waals surface area contributed by atoms with Crippen LogP contribution >= 0.6 is 0 Å². The second-order valence-corrected chi connectivity index (χ2v) is 3.09. The van der Waals surface area contributed by atoms with E-state index in [1.807, 2.05) is 0 Å². The van der Waals surface area contributed by atoms with Crippen molar-refractivity contribution in [2.45, 2.75) is 6.42 Å². The number of nitrogens with one attached hydrogen (secondary N) is 2. The number of nitrogens with zero attached hydrogens (tertiary/aromatic N) is 4. The number of carbonyl (C=O) groups excluding carboxylic acids is 1. The summed E-state index contributed by atoms with van der Waals surface area (Å²) in [5.41, 5.74) is 7.97. The third-order valence-corrected chi connectivity index (χ3v) is 1.91. The summed E-state index contributed by atoms with van der Waals surface area (Å²) >= 11 is 0. The Morgan fingerprint density at radius 1 is 1.71 bits per heavy atom. The second-order valence-electron chi connectivity index (χ2n) is 3.09. The zero-order chi connectivity index (χ0) is 12.7. The standard InChI is InChI=1S/C8H10N6O3/c9-13-12-3-1-2-10-8(15)7-4-6(5-11-7)14(16)17/h4-5,11H,1-3H2,(H,10,15). The van der Waals surface area contributed by atoms with Crippen LogP contribution in [0.2, 0.25) is 0 Å². The fourth-order valence-corrected chi connectivity index (χ4v) is 1.11. The van der Waals surface area contributed by atoms with Gasteiger partial charge in [-0.05, 0) is 12.0 Å². The van der Waals surface area contributed by atoms with Gasteiger partial charge >= 0.3 is 0 Å². The minimum Gasteiger partial charge on any atom is -0.351 e. The number of nitro groups is 1. The van der Waals surface area contributed by atoms with E-state index in [1.165, 1.54) is 0 Å². The summed E-state index contributed by atoms with van der Waals surface area (Å²) in [6.45, 7) is 0.631. The molecule has 1 aromatic rings. The highest BCUT2D eigenvalue weighted by atomic mass is 16.6. The normalized spacial score (nSPS) is 9.41. The van der Waals surface area contributed by atoms with E-state index in [2.05, 4.69) is 20.3 Å². The van der Waals surface area contributed by atoms with Crippen LogP contribution in [0.5, 0.6) is 0 Å². The maximum absolute atomic E-state index is 11.4. The van der Waals surface area contributed by atoms with Crippen LogP contribution in [-0.2, 0) is 0 Å². The Labute approximate surface area is 95.6 Å². The number of hydrogen-bond acceptors (Lipinski definition) is 4. The summed E-state index contributed by atoms with van der Waals surface area (Å²) in [5, 5.41) is 16.2.